The SMILES string of the molecule is Cn1nc([C@@H]2CCCN2)cc1C#N. The Kier molecular flexibility index (Phi) is 2.03. The number of aromatic nitrogens is 2. The summed E-state index contributed by atoms with van der Waals surface area (Å²) in [7, 11) is 1.80. The lowest BCUT2D eigenvalue weighted by molar-refractivity contribution is 0.606. The molecule has 0 saturated carbocycles. The van der Waals surface area contributed by atoms with Crippen molar-refractivity contribution in [2.75, 3.05) is 6.54 Å². The molecule has 1 atom stereocenters. The van der Waals surface area contributed by atoms with Crippen molar-refractivity contribution >= 4 is 0 Å². The van der Waals surface area contributed by atoms with Gasteiger partial charge in [-0.25, -0.2) is 0 Å². The molecule has 13 heavy (non-hydrogen) atoms. The van der Waals surface area contributed by atoms with Gasteiger partial charge in [0.15, 0.2) is 0 Å². The van der Waals surface area contributed by atoms with Crippen molar-refractivity contribution in [1.29, 1.82) is 5.26 Å². The van der Waals surface area contributed by atoms with Crippen LogP contribution in [0.5, 0.6) is 0 Å². The Bertz CT molecular complexity index is 341. The minimum absolute atomic E-state index is 0.355. The largest absolute Gasteiger partial charge is 0.309 e. The van der Waals surface area contributed by atoms with Gasteiger partial charge in [-0.1, -0.05) is 0 Å². The van der Waals surface area contributed by atoms with Crippen molar-refractivity contribution in [3.63, 3.8) is 0 Å². The van der Waals surface area contributed by atoms with Gasteiger partial charge in [-0.15, -0.1) is 0 Å². The highest BCUT2D eigenvalue weighted by atomic mass is 15.3. The number of aryl methyl sites for hydroxylation is 1. The summed E-state index contributed by atoms with van der Waals surface area (Å²) >= 11 is 0. The molecule has 0 radical (unpaired) electrons. The van der Waals surface area contributed by atoms with Crippen LogP contribution >= 0.6 is 0 Å². The highest BCUT2D eigenvalue weighted by Gasteiger charge is 2.19. The molecule has 4 nitrogen and oxygen atoms in total. The first kappa shape index (κ1) is 8.27. The van der Waals surface area contributed by atoms with E-state index in [1.54, 1.807) is 11.7 Å². The number of rotatable bonds is 1. The molecule has 68 valence electrons. The summed E-state index contributed by atoms with van der Waals surface area (Å²) in [5.74, 6) is 0. The maximum absolute atomic E-state index is 8.74. The summed E-state index contributed by atoms with van der Waals surface area (Å²) in [5, 5.41) is 16.4. The second kappa shape index (κ2) is 3.19. The summed E-state index contributed by atoms with van der Waals surface area (Å²) in [5.41, 5.74) is 1.63. The van der Waals surface area contributed by atoms with Crippen LogP contribution in [0.15, 0.2) is 6.07 Å². The Morgan fingerprint density at radius 3 is 3.15 bits per heavy atom. The van der Waals surface area contributed by atoms with E-state index in [1.807, 2.05) is 6.07 Å². The molecule has 0 aromatic carbocycles. The molecule has 1 aliphatic heterocycles. The number of nitrogens with one attached hydrogen (secondary N) is 1. The van der Waals surface area contributed by atoms with Crippen LogP contribution in [-0.2, 0) is 7.05 Å². The van der Waals surface area contributed by atoms with Crippen molar-refractivity contribution in [2.45, 2.75) is 18.9 Å². The van der Waals surface area contributed by atoms with Crippen LogP contribution in [0.1, 0.15) is 30.3 Å². The van der Waals surface area contributed by atoms with Gasteiger partial charge >= 0.3 is 0 Å². The molecular formula is C9H12N4. The predicted molar refractivity (Wildman–Crippen MR) is 47.9 cm³/mol. The fourth-order valence-corrected chi connectivity index (χ4v) is 1.70. The second-order valence-corrected chi connectivity index (χ2v) is 3.34. The van der Waals surface area contributed by atoms with E-state index < -0.39 is 0 Å². The van der Waals surface area contributed by atoms with Crippen LogP contribution < -0.4 is 5.32 Å². The van der Waals surface area contributed by atoms with Crippen molar-refractivity contribution in [1.82, 2.24) is 15.1 Å². The summed E-state index contributed by atoms with van der Waals surface area (Å²) in [6.45, 7) is 1.06. The molecule has 0 spiro atoms. The molecule has 0 unspecified atom stereocenters. The Morgan fingerprint density at radius 1 is 1.77 bits per heavy atom. The van der Waals surface area contributed by atoms with Crippen molar-refractivity contribution < 1.29 is 0 Å². The first-order valence-corrected chi connectivity index (χ1v) is 4.48. The monoisotopic (exact) mass is 176 g/mol. The average molecular weight is 176 g/mol. The highest BCUT2D eigenvalue weighted by Crippen LogP contribution is 2.21. The molecule has 1 aromatic heterocycles. The fourth-order valence-electron chi connectivity index (χ4n) is 1.70. The van der Waals surface area contributed by atoms with Crippen LogP contribution in [0.25, 0.3) is 0 Å². The maximum Gasteiger partial charge on any atom is 0.138 e. The lowest BCUT2D eigenvalue weighted by atomic mass is 10.1. The smallest absolute Gasteiger partial charge is 0.138 e. The summed E-state index contributed by atoms with van der Waals surface area (Å²) in [4.78, 5) is 0. The Morgan fingerprint density at radius 2 is 2.62 bits per heavy atom. The van der Waals surface area contributed by atoms with Gasteiger partial charge in [0.2, 0.25) is 0 Å². The van der Waals surface area contributed by atoms with E-state index in [9.17, 15) is 0 Å². The quantitative estimate of drug-likeness (QED) is 0.685. The molecule has 0 amide bonds. The lowest BCUT2D eigenvalue weighted by Gasteiger charge is -2.04. The van der Waals surface area contributed by atoms with Gasteiger partial charge in [0.1, 0.15) is 11.8 Å². The Labute approximate surface area is 77.2 Å². The normalized spacial score (nSPS) is 21.7. The van der Waals surface area contributed by atoms with Gasteiger partial charge in [0.05, 0.1) is 11.7 Å². The zero-order valence-corrected chi connectivity index (χ0v) is 7.62. The van der Waals surface area contributed by atoms with Gasteiger partial charge in [-0.05, 0) is 25.5 Å². The zero-order chi connectivity index (χ0) is 9.26. The van der Waals surface area contributed by atoms with E-state index >= 15 is 0 Å². The zero-order valence-electron chi connectivity index (χ0n) is 7.62. The molecule has 1 N–H and O–H groups in total. The molecule has 0 bridgehead atoms. The first-order chi connectivity index (χ1) is 6.31. The van der Waals surface area contributed by atoms with Gasteiger partial charge in [-0.3, -0.25) is 4.68 Å². The van der Waals surface area contributed by atoms with Crippen LogP contribution in [0.2, 0.25) is 0 Å². The minimum Gasteiger partial charge on any atom is -0.309 e. The number of nitriles is 1. The van der Waals surface area contributed by atoms with E-state index in [2.05, 4.69) is 16.5 Å². The van der Waals surface area contributed by atoms with Crippen LogP contribution in [0.4, 0.5) is 0 Å². The predicted octanol–water partition coefficient (Wildman–Crippen LogP) is 0.716. The Hall–Kier alpha value is -1.34. The molecular weight excluding hydrogens is 164 g/mol. The molecule has 1 fully saturated rings. The van der Waals surface area contributed by atoms with Crippen molar-refractivity contribution in [3.8, 4) is 6.07 Å². The molecule has 1 saturated heterocycles. The van der Waals surface area contributed by atoms with Crippen molar-refractivity contribution in [3.05, 3.63) is 17.5 Å². The van der Waals surface area contributed by atoms with Gasteiger partial charge in [0.25, 0.3) is 0 Å². The van der Waals surface area contributed by atoms with E-state index in [0.717, 1.165) is 18.7 Å². The topological polar surface area (TPSA) is 53.6 Å². The molecule has 0 aliphatic carbocycles. The van der Waals surface area contributed by atoms with Crippen LogP contribution in [0, 0.1) is 11.3 Å². The third-order valence-electron chi connectivity index (χ3n) is 2.43. The van der Waals surface area contributed by atoms with Crippen molar-refractivity contribution in [2.24, 2.45) is 7.05 Å². The van der Waals surface area contributed by atoms with E-state index in [4.69, 9.17) is 5.26 Å². The molecule has 2 heterocycles. The lowest BCUT2D eigenvalue weighted by Crippen LogP contribution is -2.13. The van der Waals surface area contributed by atoms with E-state index in [0.29, 0.717) is 11.7 Å². The van der Waals surface area contributed by atoms with Crippen LogP contribution in [-0.4, -0.2) is 16.3 Å². The molecule has 1 aromatic rings. The molecule has 2 rings (SSSR count). The summed E-state index contributed by atoms with van der Waals surface area (Å²) < 4.78 is 1.63. The number of nitrogens with zero attached hydrogens (tertiary/aromatic N) is 3. The maximum atomic E-state index is 8.74. The fraction of sp³-hybridized carbons (Fsp3) is 0.556. The van der Waals surface area contributed by atoms with E-state index in [1.165, 1.54) is 6.42 Å². The highest BCUT2D eigenvalue weighted by molar-refractivity contribution is 5.25. The van der Waals surface area contributed by atoms with Gasteiger partial charge in [-0.2, -0.15) is 10.4 Å². The third-order valence-corrected chi connectivity index (χ3v) is 2.43. The average Bonchev–Trinajstić information content (AvgIpc) is 2.71. The summed E-state index contributed by atoms with van der Waals surface area (Å²) in [6.07, 6.45) is 2.32. The second-order valence-electron chi connectivity index (χ2n) is 3.34. The minimum atomic E-state index is 0.355. The number of hydrogen-bond acceptors (Lipinski definition) is 3. The molecule has 4 heteroatoms. The third kappa shape index (κ3) is 1.43. The van der Waals surface area contributed by atoms with Gasteiger partial charge < -0.3 is 5.32 Å². The number of hydrogen-bond donors (Lipinski definition) is 1. The summed E-state index contributed by atoms with van der Waals surface area (Å²) in [6, 6.07) is 4.33. The molecule has 1 aliphatic rings. The first-order valence-electron chi connectivity index (χ1n) is 4.48. The van der Waals surface area contributed by atoms with Gasteiger partial charge in [0, 0.05) is 7.05 Å². The van der Waals surface area contributed by atoms with Crippen LogP contribution in [0.3, 0.4) is 0 Å². The standard InChI is InChI=1S/C9H12N4/c1-13-7(6-10)5-9(12-13)8-3-2-4-11-8/h5,8,11H,2-4H2,1H3/t8-/m0/s1. The van der Waals surface area contributed by atoms with E-state index in [-0.39, 0.29) is 0 Å². The Balaban J connectivity index is 2.26.